The molecule has 0 radical (unpaired) electrons. The summed E-state index contributed by atoms with van der Waals surface area (Å²) >= 11 is 0. The van der Waals surface area contributed by atoms with Crippen LogP contribution in [0.1, 0.15) is 45.4 Å². The van der Waals surface area contributed by atoms with Crippen molar-refractivity contribution in [2.45, 2.75) is 52.0 Å². The van der Waals surface area contributed by atoms with Gasteiger partial charge in [0, 0.05) is 25.7 Å². The number of aromatic nitrogens is 3. The van der Waals surface area contributed by atoms with E-state index in [4.69, 9.17) is 5.73 Å². The van der Waals surface area contributed by atoms with Crippen LogP contribution in [0.15, 0.2) is 12.4 Å². The Labute approximate surface area is 121 Å². The van der Waals surface area contributed by atoms with Gasteiger partial charge in [-0.05, 0) is 31.7 Å². The molecule has 6 nitrogen and oxygen atoms in total. The summed E-state index contributed by atoms with van der Waals surface area (Å²) in [5.41, 5.74) is 5.60. The maximum absolute atomic E-state index is 11.7. The van der Waals surface area contributed by atoms with Crippen LogP contribution in [0.2, 0.25) is 0 Å². The van der Waals surface area contributed by atoms with Crippen molar-refractivity contribution in [1.82, 2.24) is 20.3 Å². The monoisotopic (exact) mass is 281 g/mol. The first kappa shape index (κ1) is 16.6. The van der Waals surface area contributed by atoms with Gasteiger partial charge >= 0.3 is 0 Å². The molecule has 0 saturated carbocycles. The number of carbonyl (C=O) groups excluding carboxylic acids is 1. The summed E-state index contributed by atoms with van der Waals surface area (Å²) in [5, 5.41) is 10.6. The zero-order chi connectivity index (χ0) is 14.6. The fourth-order valence-corrected chi connectivity index (χ4v) is 2.32. The summed E-state index contributed by atoms with van der Waals surface area (Å²) in [6, 6.07) is 0. The van der Waals surface area contributed by atoms with Crippen molar-refractivity contribution >= 4 is 5.91 Å². The third-order valence-electron chi connectivity index (χ3n) is 3.41. The molecule has 1 aromatic heterocycles. The molecular weight excluding hydrogens is 254 g/mol. The van der Waals surface area contributed by atoms with Crippen molar-refractivity contribution in [3.63, 3.8) is 0 Å². The minimum atomic E-state index is 0.140. The Hall–Kier alpha value is -1.43. The van der Waals surface area contributed by atoms with Crippen molar-refractivity contribution in [3.05, 3.63) is 12.4 Å². The predicted octanol–water partition coefficient (Wildman–Crippen LogP) is 1.33. The van der Waals surface area contributed by atoms with Crippen molar-refractivity contribution < 1.29 is 4.79 Å². The van der Waals surface area contributed by atoms with Crippen molar-refractivity contribution in [1.29, 1.82) is 0 Å². The standard InChI is InChI=1S/C14H27N5O/c1-2-4-13(7-8-15)5-6-14(20)16-9-3-11-19-12-10-17-18-19/h10,12-13H,2-9,11,15H2,1H3,(H,16,20). The highest BCUT2D eigenvalue weighted by atomic mass is 16.1. The van der Waals surface area contributed by atoms with Gasteiger partial charge in [-0.3, -0.25) is 9.48 Å². The second kappa shape index (κ2) is 10.4. The molecule has 0 spiro atoms. The number of nitrogens with two attached hydrogens (primary N) is 1. The van der Waals surface area contributed by atoms with E-state index in [1.165, 1.54) is 0 Å². The van der Waals surface area contributed by atoms with Gasteiger partial charge < -0.3 is 11.1 Å². The lowest BCUT2D eigenvalue weighted by atomic mass is 9.94. The van der Waals surface area contributed by atoms with Crippen LogP contribution in [0.4, 0.5) is 0 Å². The third-order valence-corrected chi connectivity index (χ3v) is 3.41. The van der Waals surface area contributed by atoms with E-state index in [2.05, 4.69) is 22.6 Å². The van der Waals surface area contributed by atoms with Gasteiger partial charge in [-0.25, -0.2) is 0 Å². The highest BCUT2D eigenvalue weighted by molar-refractivity contribution is 5.75. The lowest BCUT2D eigenvalue weighted by Crippen LogP contribution is -2.26. The highest BCUT2D eigenvalue weighted by Gasteiger charge is 2.09. The summed E-state index contributed by atoms with van der Waals surface area (Å²) in [5.74, 6) is 0.729. The summed E-state index contributed by atoms with van der Waals surface area (Å²) in [4.78, 5) is 11.7. The van der Waals surface area contributed by atoms with Gasteiger partial charge in [0.05, 0.1) is 6.20 Å². The van der Waals surface area contributed by atoms with Gasteiger partial charge in [0.25, 0.3) is 0 Å². The smallest absolute Gasteiger partial charge is 0.220 e. The van der Waals surface area contributed by atoms with Crippen molar-refractivity contribution in [2.24, 2.45) is 11.7 Å². The average Bonchev–Trinajstić information content (AvgIpc) is 2.95. The SMILES string of the molecule is CCCC(CCN)CCC(=O)NCCCn1ccnn1. The molecule has 0 fully saturated rings. The molecule has 1 heterocycles. The number of amides is 1. The number of nitrogens with zero attached hydrogens (tertiary/aromatic N) is 3. The molecule has 0 saturated heterocycles. The van der Waals surface area contributed by atoms with Crippen LogP contribution in [0.5, 0.6) is 0 Å². The van der Waals surface area contributed by atoms with Gasteiger partial charge in [-0.2, -0.15) is 0 Å². The van der Waals surface area contributed by atoms with E-state index >= 15 is 0 Å². The first-order valence-corrected chi connectivity index (χ1v) is 7.57. The second-order valence-corrected chi connectivity index (χ2v) is 5.14. The Morgan fingerprint density at radius 3 is 2.90 bits per heavy atom. The minimum absolute atomic E-state index is 0.140. The molecule has 0 aliphatic carbocycles. The lowest BCUT2D eigenvalue weighted by molar-refractivity contribution is -0.121. The van der Waals surface area contributed by atoms with Gasteiger partial charge in [-0.15, -0.1) is 5.10 Å². The molecule has 1 rings (SSSR count). The molecule has 114 valence electrons. The molecule has 3 N–H and O–H groups in total. The minimum Gasteiger partial charge on any atom is -0.356 e. The van der Waals surface area contributed by atoms with Gasteiger partial charge in [-0.1, -0.05) is 25.0 Å². The Balaban J connectivity index is 2.07. The number of carbonyl (C=O) groups is 1. The third kappa shape index (κ3) is 7.23. The van der Waals surface area contributed by atoms with Crippen LogP contribution in [-0.2, 0) is 11.3 Å². The molecule has 1 amide bonds. The van der Waals surface area contributed by atoms with E-state index in [9.17, 15) is 4.79 Å². The molecule has 0 aliphatic heterocycles. The summed E-state index contributed by atoms with van der Waals surface area (Å²) in [7, 11) is 0. The quantitative estimate of drug-likeness (QED) is 0.599. The molecular formula is C14H27N5O. The van der Waals surface area contributed by atoms with Crippen LogP contribution < -0.4 is 11.1 Å². The largest absolute Gasteiger partial charge is 0.356 e. The normalized spacial score (nSPS) is 12.3. The summed E-state index contributed by atoms with van der Waals surface area (Å²) in [6.45, 7) is 4.36. The van der Waals surface area contributed by atoms with Crippen LogP contribution in [0.25, 0.3) is 0 Å². The van der Waals surface area contributed by atoms with E-state index < -0.39 is 0 Å². The molecule has 1 atom stereocenters. The van der Waals surface area contributed by atoms with Crippen LogP contribution in [0, 0.1) is 5.92 Å². The Morgan fingerprint density at radius 2 is 2.25 bits per heavy atom. The van der Waals surface area contributed by atoms with E-state index in [1.807, 2.05) is 6.20 Å². The number of hydrogen-bond acceptors (Lipinski definition) is 4. The molecule has 20 heavy (non-hydrogen) atoms. The van der Waals surface area contributed by atoms with Crippen molar-refractivity contribution in [3.8, 4) is 0 Å². The molecule has 0 bridgehead atoms. The molecule has 6 heteroatoms. The first-order chi connectivity index (χ1) is 9.76. The zero-order valence-corrected chi connectivity index (χ0v) is 12.4. The van der Waals surface area contributed by atoms with E-state index in [0.29, 0.717) is 25.4 Å². The maximum Gasteiger partial charge on any atom is 0.220 e. The van der Waals surface area contributed by atoms with E-state index in [-0.39, 0.29) is 5.91 Å². The van der Waals surface area contributed by atoms with Crippen LogP contribution >= 0.6 is 0 Å². The van der Waals surface area contributed by atoms with Crippen LogP contribution in [-0.4, -0.2) is 34.0 Å². The number of hydrogen-bond donors (Lipinski definition) is 2. The Bertz CT molecular complexity index is 346. The number of rotatable bonds is 11. The molecule has 0 aromatic carbocycles. The van der Waals surface area contributed by atoms with Gasteiger partial charge in [0.1, 0.15) is 0 Å². The van der Waals surface area contributed by atoms with Crippen LogP contribution in [0.3, 0.4) is 0 Å². The summed E-state index contributed by atoms with van der Waals surface area (Å²) in [6.07, 6.45) is 9.24. The highest BCUT2D eigenvalue weighted by Crippen LogP contribution is 2.16. The molecule has 0 aliphatic rings. The fourth-order valence-electron chi connectivity index (χ4n) is 2.32. The van der Waals surface area contributed by atoms with Gasteiger partial charge in [0.15, 0.2) is 0 Å². The topological polar surface area (TPSA) is 85.8 Å². The Kier molecular flexibility index (Phi) is 8.62. The lowest BCUT2D eigenvalue weighted by Gasteiger charge is -2.14. The zero-order valence-electron chi connectivity index (χ0n) is 12.4. The van der Waals surface area contributed by atoms with E-state index in [0.717, 1.165) is 38.6 Å². The first-order valence-electron chi connectivity index (χ1n) is 7.57. The second-order valence-electron chi connectivity index (χ2n) is 5.14. The number of nitrogens with one attached hydrogen (secondary N) is 1. The van der Waals surface area contributed by atoms with Crippen molar-refractivity contribution in [2.75, 3.05) is 13.1 Å². The molecule has 1 aromatic rings. The fraction of sp³-hybridized carbons (Fsp3) is 0.786. The summed E-state index contributed by atoms with van der Waals surface area (Å²) < 4.78 is 1.77. The maximum atomic E-state index is 11.7. The predicted molar refractivity (Wildman–Crippen MR) is 79.0 cm³/mol. The number of aryl methyl sites for hydroxylation is 1. The average molecular weight is 281 g/mol. The Morgan fingerprint density at radius 1 is 1.40 bits per heavy atom. The van der Waals surface area contributed by atoms with E-state index in [1.54, 1.807) is 10.9 Å². The van der Waals surface area contributed by atoms with Gasteiger partial charge in [0.2, 0.25) is 5.91 Å². The molecule has 1 unspecified atom stereocenters.